The number of rotatable bonds is 24. The molecular weight excluding hydrogens is 884 g/mol. The van der Waals surface area contributed by atoms with E-state index in [0.29, 0.717) is 0 Å². The van der Waals surface area contributed by atoms with E-state index in [-0.39, 0.29) is 0 Å². The summed E-state index contributed by atoms with van der Waals surface area (Å²) >= 11 is 0. The topological polar surface area (TPSA) is 548 Å². The predicted molar refractivity (Wildman–Crippen MR) is 178 cm³/mol. The summed E-state index contributed by atoms with van der Waals surface area (Å²) in [4.78, 5) is 160. The smallest absolute Gasteiger partial charge is 0.367 e. The van der Waals surface area contributed by atoms with Crippen molar-refractivity contribution in [3.8, 4) is 0 Å². The van der Waals surface area contributed by atoms with E-state index in [4.69, 9.17) is 25.3 Å². The molecule has 0 saturated heterocycles. The Morgan fingerprint density at radius 3 is 1.09 bits per heavy atom. The molecule has 324 valence electrons. The van der Waals surface area contributed by atoms with E-state index >= 15 is 0 Å². The van der Waals surface area contributed by atoms with Gasteiger partial charge in [0.25, 0.3) is 15.2 Å². The number of hydrogen-bond donors (Lipinski definition) is 20. The first-order valence-electron chi connectivity index (χ1n) is 14.7. The molecule has 0 aromatic heterocycles. The van der Waals surface area contributed by atoms with Crippen molar-refractivity contribution in [2.45, 2.75) is 72.3 Å². The first-order valence-corrected chi connectivity index (χ1v) is 24.3. The van der Waals surface area contributed by atoms with Gasteiger partial charge in [0.05, 0.1) is 6.04 Å². The molecule has 21 N–H and O–H groups in total. The van der Waals surface area contributed by atoms with Crippen LogP contribution < -0.4 is 27.0 Å². The minimum absolute atomic E-state index is 0.590. The number of nitrogens with two attached hydrogens (primary N) is 1. The van der Waals surface area contributed by atoms with Crippen molar-refractivity contribution in [2.75, 3.05) is 19.6 Å². The fourth-order valence-corrected chi connectivity index (χ4v) is 10.5. The molecule has 0 aliphatic heterocycles. The van der Waals surface area contributed by atoms with Crippen LogP contribution in [0.25, 0.3) is 0 Å². The van der Waals surface area contributed by atoms with Crippen LogP contribution in [0.2, 0.25) is 0 Å². The van der Waals surface area contributed by atoms with Gasteiger partial charge in [0.2, 0.25) is 23.6 Å². The van der Waals surface area contributed by atoms with Gasteiger partial charge in [-0.25, -0.2) is 0 Å². The molecule has 0 radical (unpaired) electrons. The van der Waals surface area contributed by atoms with Crippen LogP contribution in [0.3, 0.4) is 0 Å². The van der Waals surface area contributed by atoms with Crippen LogP contribution in [0.1, 0.15) is 44.9 Å². The third-order valence-electron chi connectivity index (χ3n) is 7.43. The van der Waals surface area contributed by atoms with Crippen molar-refractivity contribution >= 4 is 69.2 Å². The molecule has 4 amide bonds. The highest BCUT2D eigenvalue weighted by molar-refractivity contribution is 7.73. The maximum atomic E-state index is 12.9. The Bertz CT molecular complexity index is 1630. The summed E-state index contributed by atoms with van der Waals surface area (Å²) < 4.78 is 68.9. The second-order valence-corrected chi connectivity index (χ2v) is 23.6. The van der Waals surface area contributed by atoms with Crippen molar-refractivity contribution in [1.29, 1.82) is 0 Å². The highest BCUT2D eigenvalue weighted by atomic mass is 31.3. The third-order valence-corrected chi connectivity index (χ3v) is 19.1. The van der Waals surface area contributed by atoms with E-state index in [1.54, 1.807) is 0 Å². The van der Waals surface area contributed by atoms with Crippen LogP contribution in [0.15, 0.2) is 0 Å². The average Bonchev–Trinajstić information content (AvgIpc) is 2.97. The van der Waals surface area contributed by atoms with Crippen LogP contribution in [0, 0.1) is 0 Å². The maximum Gasteiger partial charge on any atom is 0.369 e. The Kier molecular flexibility index (Phi) is 19.1. The van der Waals surface area contributed by atoms with E-state index in [1.165, 1.54) is 0 Å². The molecule has 0 rings (SSSR count). The summed E-state index contributed by atoms with van der Waals surface area (Å²) in [7, 11) is -35.4. The predicted octanol–water partition coefficient (Wildman–Crippen LogP) is -6.12. The van der Waals surface area contributed by atoms with Gasteiger partial charge in [0.15, 0.2) is 0 Å². The fraction of sp³-hybridized carbons (Fsp3) is 0.789. The number of aliphatic hydroxyl groups is 3. The number of carbonyl (C=O) groups is 4. The molecule has 0 aromatic rings. The molecule has 0 aliphatic rings. The summed E-state index contributed by atoms with van der Waals surface area (Å²) in [6, 6.07) is -3.48. The minimum atomic E-state index is -5.97. The van der Waals surface area contributed by atoms with E-state index in [0.717, 1.165) is 0 Å². The lowest BCUT2D eigenvalue weighted by Crippen LogP contribution is -2.49. The third kappa shape index (κ3) is 14.7. The molecule has 0 bridgehead atoms. The van der Waals surface area contributed by atoms with Gasteiger partial charge in [0.1, 0.15) is 6.04 Å². The van der Waals surface area contributed by atoms with Crippen LogP contribution >= 0.6 is 45.6 Å². The highest BCUT2D eigenvalue weighted by Crippen LogP contribution is 2.70. The Morgan fingerprint density at radius 1 is 0.473 bits per heavy atom. The fourth-order valence-electron chi connectivity index (χ4n) is 4.03. The summed E-state index contributed by atoms with van der Waals surface area (Å²) in [6.07, 6.45) is -7.10. The summed E-state index contributed by atoms with van der Waals surface area (Å²) in [5.41, 5.74) is 5.62. The lowest BCUT2D eigenvalue weighted by Gasteiger charge is -2.29. The molecule has 0 aromatic carbocycles. The van der Waals surface area contributed by atoms with Gasteiger partial charge in [-0.1, -0.05) is 0 Å². The molecule has 0 unspecified atom stereocenters. The first-order chi connectivity index (χ1) is 24.3. The monoisotopic (exact) mass is 927 g/mol. The van der Waals surface area contributed by atoms with Gasteiger partial charge in [-0.3, -0.25) is 46.6 Å². The van der Waals surface area contributed by atoms with Gasteiger partial charge < -0.3 is 101 Å². The molecule has 36 heteroatoms. The van der Waals surface area contributed by atoms with Crippen LogP contribution in [0.5, 0.6) is 0 Å². The molecular formula is C19H43N5O25P6. The zero-order chi connectivity index (χ0) is 43.9. The number of nitrogens with one attached hydrogen (secondary N) is 4. The molecule has 0 heterocycles. The molecule has 0 saturated carbocycles. The van der Waals surface area contributed by atoms with E-state index in [1.807, 2.05) is 16.0 Å². The largest absolute Gasteiger partial charge is 0.369 e. The summed E-state index contributed by atoms with van der Waals surface area (Å²) in [6.45, 7) is -3.01. The van der Waals surface area contributed by atoms with E-state index < -0.39 is 161 Å². The first kappa shape index (κ1) is 53.6. The van der Waals surface area contributed by atoms with Gasteiger partial charge in [0, 0.05) is 51.7 Å². The normalized spacial score (nSPS) is 15.1. The molecule has 30 nitrogen and oxygen atoms in total. The van der Waals surface area contributed by atoms with Crippen molar-refractivity contribution in [3.63, 3.8) is 0 Å². The SMILES string of the molecule is N[C@@H](CCC(=O)N[C@@H](CCC(=O)NCCC(O)(P(=O)(O)O)P(=O)(O)O)C(=O)NCCC(O)(P(=O)(O)O)P(=O)(O)O)C(=O)NCCC(O)(P(=O)(O)O)P(=O)(O)O. The zero-order valence-electron chi connectivity index (χ0n) is 27.8. The Morgan fingerprint density at radius 2 is 0.764 bits per heavy atom. The maximum absolute atomic E-state index is 12.9. The molecule has 55 heavy (non-hydrogen) atoms. The van der Waals surface area contributed by atoms with Crippen LogP contribution in [-0.2, 0) is 46.6 Å². The Hall–Kier alpha value is -1.38. The van der Waals surface area contributed by atoms with Crippen LogP contribution in [-0.4, -0.2) is 145 Å². The quantitative estimate of drug-likeness (QED) is 0.0401. The highest BCUT2D eigenvalue weighted by Gasteiger charge is 2.60. The lowest BCUT2D eigenvalue weighted by molar-refractivity contribution is -0.130. The summed E-state index contributed by atoms with van der Waals surface area (Å²) in [5.74, 6) is -4.77. The van der Waals surface area contributed by atoms with E-state index in [9.17, 15) is 101 Å². The average molecular weight is 927 g/mol. The van der Waals surface area contributed by atoms with Gasteiger partial charge in [-0.2, -0.15) is 0 Å². The molecule has 0 spiro atoms. The zero-order valence-corrected chi connectivity index (χ0v) is 33.1. The molecule has 0 aliphatic carbocycles. The van der Waals surface area contributed by atoms with Crippen molar-refractivity contribution in [1.82, 2.24) is 21.3 Å². The van der Waals surface area contributed by atoms with Crippen molar-refractivity contribution < 1.29 is 121 Å². The Balaban J connectivity index is 5.76. The summed E-state index contributed by atoms with van der Waals surface area (Å²) in [5, 5.41) is 25.7. The number of amides is 4. The van der Waals surface area contributed by atoms with E-state index in [2.05, 4.69) is 5.32 Å². The van der Waals surface area contributed by atoms with Gasteiger partial charge in [-0.05, 0) is 12.8 Å². The second-order valence-electron chi connectivity index (χ2n) is 11.6. The lowest BCUT2D eigenvalue weighted by atomic mass is 10.1. The van der Waals surface area contributed by atoms with Crippen molar-refractivity contribution in [3.05, 3.63) is 0 Å². The van der Waals surface area contributed by atoms with Crippen molar-refractivity contribution in [2.24, 2.45) is 5.73 Å². The van der Waals surface area contributed by atoms with Gasteiger partial charge >= 0.3 is 45.6 Å². The van der Waals surface area contributed by atoms with Gasteiger partial charge in [-0.15, -0.1) is 0 Å². The number of hydrogen-bond acceptors (Lipinski definition) is 14. The second kappa shape index (κ2) is 19.6. The molecule has 0 fully saturated rings. The Labute approximate surface area is 308 Å². The number of carbonyl (C=O) groups excluding carboxylic acids is 4. The standard InChI is InChI=1S/C19H43N5O25P6/c20-11(15(27)22-9-6-18(30,52(38,39)40)53(41,42)43)1-3-14(26)24-12(16(28)23-10-7-19(31,54(44,45)46)55(47,48)49)2-4-13(25)21-8-5-17(29,50(32,33)34)51(35,36)37/h11-12,29-31H,1-10,20H2,(H,21,25)(H,22,27)(H,23,28)(H,24,26)(H2,32,33,34)(H2,35,36,37)(H2,38,39,40)(H2,41,42,43)(H2,44,45,46)(H2,47,48,49)/t11-,12-/m0/s1. The van der Waals surface area contributed by atoms with Crippen LogP contribution in [0.4, 0.5) is 0 Å². The minimum Gasteiger partial charge on any atom is -0.367 e. The molecule has 2 atom stereocenters.